The third-order valence-corrected chi connectivity index (χ3v) is 5.95. The second-order valence-electron chi connectivity index (χ2n) is 7.97. The van der Waals surface area contributed by atoms with Gasteiger partial charge < -0.3 is 14.8 Å². The van der Waals surface area contributed by atoms with Gasteiger partial charge in [-0.15, -0.1) is 0 Å². The highest BCUT2D eigenvalue weighted by Gasteiger charge is 2.26. The Morgan fingerprint density at radius 3 is 2.47 bits per heavy atom. The number of aromatic nitrogens is 3. The van der Waals surface area contributed by atoms with Gasteiger partial charge in [-0.05, 0) is 39.0 Å². The number of fused-ring (bicyclic) bond motifs is 1. The Labute approximate surface area is 185 Å². The van der Waals surface area contributed by atoms with Crippen LogP contribution in [0.2, 0.25) is 0 Å². The molecule has 0 bridgehead atoms. The minimum absolute atomic E-state index is 0.0124. The van der Waals surface area contributed by atoms with Gasteiger partial charge in [0.2, 0.25) is 0 Å². The molecule has 0 saturated heterocycles. The highest BCUT2D eigenvalue weighted by atomic mass is 32.2. The standard InChI is InChI=1S/C21H24N4O6S/c1-21(2,3)31-20(27)24-17(19(26)30-4)11-15-10-14-12-23-25(18(14)13-22-15)32(28,29)16-8-6-5-7-9-16/h5-10,12-13,17H,11H2,1-4H3,(H,24,27). The van der Waals surface area contributed by atoms with Crippen molar-refractivity contribution in [3.05, 3.63) is 54.5 Å². The number of hydrogen-bond donors (Lipinski definition) is 1. The van der Waals surface area contributed by atoms with Crippen molar-refractivity contribution in [3.63, 3.8) is 0 Å². The van der Waals surface area contributed by atoms with Crippen LogP contribution >= 0.6 is 0 Å². The molecule has 0 fully saturated rings. The van der Waals surface area contributed by atoms with Crippen molar-refractivity contribution in [3.8, 4) is 0 Å². The average Bonchev–Trinajstić information content (AvgIpc) is 3.16. The number of carbonyl (C=O) groups excluding carboxylic acids is 2. The number of pyridine rings is 1. The third kappa shape index (κ3) is 5.22. The first kappa shape index (κ1) is 23.2. The van der Waals surface area contributed by atoms with E-state index in [0.717, 1.165) is 4.09 Å². The molecule has 0 radical (unpaired) electrons. The van der Waals surface area contributed by atoms with E-state index in [1.807, 2.05) is 0 Å². The molecule has 2 aromatic heterocycles. The molecule has 1 amide bonds. The molecule has 3 rings (SSSR count). The van der Waals surface area contributed by atoms with Crippen LogP contribution in [0.4, 0.5) is 4.79 Å². The molecule has 1 unspecified atom stereocenters. The number of nitrogens with zero attached hydrogens (tertiary/aromatic N) is 3. The van der Waals surface area contributed by atoms with Crippen molar-refractivity contribution >= 4 is 33.0 Å². The number of nitrogens with one attached hydrogen (secondary N) is 1. The fourth-order valence-electron chi connectivity index (χ4n) is 2.94. The van der Waals surface area contributed by atoms with Crippen molar-refractivity contribution in [2.75, 3.05) is 7.11 Å². The zero-order valence-electron chi connectivity index (χ0n) is 18.1. The van der Waals surface area contributed by atoms with Gasteiger partial charge in [0.05, 0.1) is 24.4 Å². The van der Waals surface area contributed by atoms with Crippen LogP contribution in [-0.4, -0.2) is 53.4 Å². The maximum absolute atomic E-state index is 12.9. The fraction of sp³-hybridized carbons (Fsp3) is 0.333. The maximum atomic E-state index is 12.9. The van der Waals surface area contributed by atoms with Gasteiger partial charge in [-0.2, -0.15) is 17.6 Å². The monoisotopic (exact) mass is 460 g/mol. The van der Waals surface area contributed by atoms with E-state index in [9.17, 15) is 18.0 Å². The van der Waals surface area contributed by atoms with Gasteiger partial charge in [-0.25, -0.2) is 9.59 Å². The van der Waals surface area contributed by atoms with Gasteiger partial charge in [-0.1, -0.05) is 18.2 Å². The van der Waals surface area contributed by atoms with Crippen LogP contribution in [0, 0.1) is 0 Å². The minimum Gasteiger partial charge on any atom is -0.467 e. The van der Waals surface area contributed by atoms with E-state index in [1.54, 1.807) is 45.0 Å². The fourth-order valence-corrected chi connectivity index (χ4v) is 4.22. The summed E-state index contributed by atoms with van der Waals surface area (Å²) < 4.78 is 36.6. The number of ether oxygens (including phenoxy) is 2. The number of amides is 1. The Morgan fingerprint density at radius 1 is 1.16 bits per heavy atom. The van der Waals surface area contributed by atoms with Crippen molar-refractivity contribution in [1.29, 1.82) is 0 Å². The summed E-state index contributed by atoms with van der Waals surface area (Å²) in [5.74, 6) is -0.667. The molecule has 0 aliphatic rings. The van der Waals surface area contributed by atoms with E-state index in [0.29, 0.717) is 11.1 Å². The Kier molecular flexibility index (Phi) is 6.49. The van der Waals surface area contributed by atoms with E-state index in [2.05, 4.69) is 15.4 Å². The number of hydrogen-bond acceptors (Lipinski definition) is 8. The number of carbonyl (C=O) groups is 2. The molecule has 1 atom stereocenters. The summed E-state index contributed by atoms with van der Waals surface area (Å²) >= 11 is 0. The van der Waals surface area contributed by atoms with Gasteiger partial charge in [-0.3, -0.25) is 4.98 Å². The van der Waals surface area contributed by atoms with E-state index >= 15 is 0 Å². The zero-order valence-corrected chi connectivity index (χ0v) is 18.9. The molecular weight excluding hydrogens is 436 g/mol. The predicted octanol–water partition coefficient (Wildman–Crippen LogP) is 2.28. The minimum atomic E-state index is -3.89. The summed E-state index contributed by atoms with van der Waals surface area (Å²) in [5.41, 5.74) is -0.0197. The van der Waals surface area contributed by atoms with Crippen LogP contribution in [0.1, 0.15) is 26.5 Å². The van der Waals surface area contributed by atoms with Crippen molar-refractivity contribution in [1.82, 2.24) is 19.5 Å². The summed E-state index contributed by atoms with van der Waals surface area (Å²) in [6.45, 7) is 5.11. The summed E-state index contributed by atoms with van der Waals surface area (Å²) in [5, 5.41) is 7.00. The molecule has 0 aliphatic heterocycles. The first-order chi connectivity index (χ1) is 15.0. The van der Waals surface area contributed by atoms with E-state index in [1.165, 1.54) is 31.6 Å². The Hall–Kier alpha value is -3.47. The molecule has 11 heteroatoms. The lowest BCUT2D eigenvalue weighted by molar-refractivity contribution is -0.143. The number of methoxy groups -OCH3 is 1. The lowest BCUT2D eigenvalue weighted by Gasteiger charge is -2.22. The van der Waals surface area contributed by atoms with Gasteiger partial charge in [0.1, 0.15) is 17.2 Å². The maximum Gasteiger partial charge on any atom is 0.408 e. The molecule has 1 aromatic carbocycles. The highest BCUT2D eigenvalue weighted by molar-refractivity contribution is 7.90. The molecule has 0 spiro atoms. The molecule has 10 nitrogen and oxygen atoms in total. The SMILES string of the molecule is COC(=O)C(Cc1cc2cnn(S(=O)(=O)c3ccccc3)c2cn1)NC(=O)OC(C)(C)C. The van der Waals surface area contributed by atoms with Crippen LogP contribution in [0.25, 0.3) is 10.9 Å². The number of alkyl carbamates (subject to hydrolysis) is 1. The van der Waals surface area contributed by atoms with E-state index < -0.39 is 33.7 Å². The van der Waals surface area contributed by atoms with Gasteiger partial charge >= 0.3 is 12.1 Å². The van der Waals surface area contributed by atoms with Crippen molar-refractivity contribution < 1.29 is 27.5 Å². The van der Waals surface area contributed by atoms with Crippen LogP contribution < -0.4 is 5.32 Å². The predicted molar refractivity (Wildman–Crippen MR) is 115 cm³/mol. The average molecular weight is 461 g/mol. The summed E-state index contributed by atoms with van der Waals surface area (Å²) in [7, 11) is -2.68. The highest BCUT2D eigenvalue weighted by Crippen LogP contribution is 2.20. The molecule has 0 saturated carbocycles. The zero-order chi connectivity index (χ0) is 23.5. The summed E-state index contributed by atoms with van der Waals surface area (Å²) in [4.78, 5) is 28.6. The quantitative estimate of drug-likeness (QED) is 0.555. The Morgan fingerprint density at radius 2 is 1.84 bits per heavy atom. The number of benzene rings is 1. The van der Waals surface area contributed by atoms with Crippen molar-refractivity contribution in [2.45, 2.75) is 43.7 Å². The summed E-state index contributed by atoms with van der Waals surface area (Å²) in [6.07, 6.45) is 2.00. The summed E-state index contributed by atoms with van der Waals surface area (Å²) in [6, 6.07) is 8.49. The van der Waals surface area contributed by atoms with E-state index in [-0.39, 0.29) is 16.8 Å². The lowest BCUT2D eigenvalue weighted by atomic mass is 10.1. The molecular formula is C21H24N4O6S. The smallest absolute Gasteiger partial charge is 0.408 e. The largest absolute Gasteiger partial charge is 0.467 e. The Bertz CT molecular complexity index is 1230. The van der Waals surface area contributed by atoms with Crippen molar-refractivity contribution in [2.24, 2.45) is 0 Å². The topological polar surface area (TPSA) is 129 Å². The second kappa shape index (κ2) is 8.95. The molecule has 0 aliphatic carbocycles. The number of esters is 1. The first-order valence-corrected chi connectivity index (χ1v) is 11.2. The van der Waals surface area contributed by atoms with Crippen LogP contribution in [0.5, 0.6) is 0 Å². The second-order valence-corrected chi connectivity index (χ2v) is 9.73. The Balaban J connectivity index is 1.86. The molecule has 2 heterocycles. The van der Waals surface area contributed by atoms with Gasteiger partial charge in [0.25, 0.3) is 10.0 Å². The molecule has 1 N–H and O–H groups in total. The molecule has 170 valence electrons. The van der Waals surface area contributed by atoms with E-state index in [4.69, 9.17) is 9.47 Å². The normalized spacial score (nSPS) is 12.9. The lowest BCUT2D eigenvalue weighted by Crippen LogP contribution is -2.45. The first-order valence-electron chi connectivity index (χ1n) is 9.72. The van der Waals surface area contributed by atoms with Gasteiger partial charge in [0.15, 0.2) is 0 Å². The van der Waals surface area contributed by atoms with Crippen LogP contribution in [-0.2, 0) is 30.7 Å². The number of rotatable bonds is 6. The van der Waals surface area contributed by atoms with Crippen LogP contribution in [0.3, 0.4) is 0 Å². The van der Waals surface area contributed by atoms with Gasteiger partial charge in [0, 0.05) is 17.5 Å². The van der Waals surface area contributed by atoms with Crippen LogP contribution in [0.15, 0.2) is 53.7 Å². The molecule has 3 aromatic rings. The third-order valence-electron chi connectivity index (χ3n) is 4.34. The molecule has 32 heavy (non-hydrogen) atoms.